The summed E-state index contributed by atoms with van der Waals surface area (Å²) in [6.07, 6.45) is 4.90. The van der Waals surface area contributed by atoms with Crippen LogP contribution in [0.15, 0.2) is 24.3 Å². The highest BCUT2D eigenvalue weighted by atomic mass is 16.6. The molecule has 2 fully saturated rings. The molecule has 166 valence electrons. The lowest BCUT2D eigenvalue weighted by atomic mass is 9.84. The molecule has 2 aromatic carbocycles. The maximum absolute atomic E-state index is 6.10. The van der Waals surface area contributed by atoms with Gasteiger partial charge >= 0.3 is 0 Å². The van der Waals surface area contributed by atoms with Crippen molar-refractivity contribution in [3.8, 4) is 11.5 Å². The average Bonchev–Trinajstić information content (AvgIpc) is 3.59. The Kier molecular flexibility index (Phi) is 6.14. The first-order chi connectivity index (χ1) is 14.7. The lowest BCUT2D eigenvalue weighted by molar-refractivity contribution is 0.258. The smallest absolute Gasteiger partial charge is 0.125 e. The van der Waals surface area contributed by atoms with Crippen molar-refractivity contribution < 1.29 is 18.9 Å². The summed E-state index contributed by atoms with van der Waals surface area (Å²) < 4.78 is 22.6. The minimum absolute atomic E-state index is 0.00648. The van der Waals surface area contributed by atoms with Crippen LogP contribution in [0.25, 0.3) is 12.2 Å². The molecule has 2 saturated heterocycles. The second kappa shape index (κ2) is 8.68. The van der Waals surface area contributed by atoms with Crippen molar-refractivity contribution in [2.75, 3.05) is 26.4 Å². The van der Waals surface area contributed by atoms with Crippen LogP contribution in [0, 0.1) is 20.8 Å². The number of aryl methyl sites for hydroxylation is 3. The van der Waals surface area contributed by atoms with Gasteiger partial charge < -0.3 is 18.9 Å². The summed E-state index contributed by atoms with van der Waals surface area (Å²) in [6, 6.07) is 8.79. The van der Waals surface area contributed by atoms with E-state index in [1.165, 1.54) is 22.3 Å². The highest BCUT2D eigenvalue weighted by Gasteiger charge is 2.26. The van der Waals surface area contributed by atoms with Gasteiger partial charge in [-0.25, -0.2) is 0 Å². The van der Waals surface area contributed by atoms with Gasteiger partial charge in [0.25, 0.3) is 0 Å². The molecule has 0 aromatic heterocycles. The average molecular weight is 423 g/mol. The SMILES string of the molecule is Cc1cc(OCC2CO2)c(C(C)(C)C)cc1C=Cc1cc(C)c(OCC2CO2)c(C)c1. The van der Waals surface area contributed by atoms with Crippen LogP contribution in [-0.2, 0) is 14.9 Å². The lowest BCUT2D eigenvalue weighted by Crippen LogP contribution is -2.15. The number of benzene rings is 2. The summed E-state index contributed by atoms with van der Waals surface area (Å²) in [5.41, 5.74) is 7.10. The summed E-state index contributed by atoms with van der Waals surface area (Å²) in [5.74, 6) is 1.94. The van der Waals surface area contributed by atoms with Crippen molar-refractivity contribution in [1.29, 1.82) is 0 Å². The second-order valence-electron chi connectivity index (χ2n) is 9.80. The largest absolute Gasteiger partial charge is 0.490 e. The fourth-order valence-corrected chi connectivity index (χ4v) is 3.76. The van der Waals surface area contributed by atoms with Crippen LogP contribution in [0.1, 0.15) is 54.2 Å². The van der Waals surface area contributed by atoms with Crippen LogP contribution < -0.4 is 9.47 Å². The van der Waals surface area contributed by atoms with Gasteiger partial charge in [-0.2, -0.15) is 0 Å². The first-order valence-corrected chi connectivity index (χ1v) is 11.1. The third-order valence-corrected chi connectivity index (χ3v) is 5.76. The summed E-state index contributed by atoms with van der Waals surface area (Å²) in [5, 5.41) is 0. The van der Waals surface area contributed by atoms with Crippen molar-refractivity contribution in [3.63, 3.8) is 0 Å². The maximum atomic E-state index is 6.10. The van der Waals surface area contributed by atoms with Crippen LogP contribution in [0.4, 0.5) is 0 Å². The number of ether oxygens (including phenoxy) is 4. The van der Waals surface area contributed by atoms with Gasteiger partial charge in [0.2, 0.25) is 0 Å². The Morgan fingerprint density at radius 1 is 0.839 bits per heavy atom. The normalized spacial score (nSPS) is 20.2. The molecule has 2 unspecified atom stereocenters. The number of hydrogen-bond donors (Lipinski definition) is 0. The predicted octanol–water partition coefficient (Wildman–Crippen LogP) is 5.63. The van der Waals surface area contributed by atoms with Gasteiger partial charge in [0.05, 0.1) is 13.2 Å². The van der Waals surface area contributed by atoms with Gasteiger partial charge in [0.15, 0.2) is 0 Å². The number of epoxide rings is 2. The van der Waals surface area contributed by atoms with Crippen molar-refractivity contribution in [3.05, 3.63) is 57.6 Å². The fraction of sp³-hybridized carbons (Fsp3) is 0.481. The molecule has 2 atom stereocenters. The molecule has 2 aliphatic rings. The molecule has 4 heteroatoms. The predicted molar refractivity (Wildman–Crippen MR) is 125 cm³/mol. The molecule has 0 amide bonds. The minimum atomic E-state index is -0.00648. The zero-order valence-electron chi connectivity index (χ0n) is 19.6. The standard InChI is InChI=1S/C27H34O4/c1-17-11-25(30-15-22-13-28-22)24(27(4,5)6)12-21(17)8-7-20-9-18(2)26(19(3)10-20)31-16-23-14-29-23/h7-12,22-23H,13-16H2,1-6H3. The third kappa shape index (κ3) is 5.69. The minimum Gasteiger partial charge on any atom is -0.490 e. The third-order valence-electron chi connectivity index (χ3n) is 5.76. The summed E-state index contributed by atoms with van der Waals surface area (Å²) in [6.45, 7) is 15.9. The Morgan fingerprint density at radius 2 is 1.42 bits per heavy atom. The van der Waals surface area contributed by atoms with Gasteiger partial charge in [0, 0.05) is 5.56 Å². The van der Waals surface area contributed by atoms with Gasteiger partial charge in [-0.3, -0.25) is 0 Å². The zero-order chi connectivity index (χ0) is 22.2. The monoisotopic (exact) mass is 422 g/mol. The summed E-state index contributed by atoms with van der Waals surface area (Å²) in [4.78, 5) is 0. The topological polar surface area (TPSA) is 43.5 Å². The van der Waals surface area contributed by atoms with E-state index in [2.05, 4.69) is 78.0 Å². The molecular weight excluding hydrogens is 388 g/mol. The van der Waals surface area contributed by atoms with Crippen LogP contribution in [0.5, 0.6) is 11.5 Å². The zero-order valence-corrected chi connectivity index (χ0v) is 19.6. The Bertz CT molecular complexity index is 952. The molecule has 2 aliphatic heterocycles. The van der Waals surface area contributed by atoms with Crippen molar-refractivity contribution in [2.45, 2.75) is 59.2 Å². The molecular formula is C27H34O4. The van der Waals surface area contributed by atoms with E-state index in [4.69, 9.17) is 18.9 Å². The fourth-order valence-electron chi connectivity index (χ4n) is 3.76. The van der Waals surface area contributed by atoms with Crippen LogP contribution in [0.2, 0.25) is 0 Å². The lowest BCUT2D eigenvalue weighted by Gasteiger charge is -2.24. The first kappa shape index (κ1) is 21.9. The Morgan fingerprint density at radius 3 is 1.97 bits per heavy atom. The van der Waals surface area contributed by atoms with Crippen molar-refractivity contribution >= 4 is 12.2 Å². The molecule has 4 rings (SSSR count). The van der Waals surface area contributed by atoms with Gasteiger partial charge in [-0.15, -0.1) is 0 Å². The highest BCUT2D eigenvalue weighted by molar-refractivity contribution is 5.73. The van der Waals surface area contributed by atoms with Crippen LogP contribution in [0.3, 0.4) is 0 Å². The van der Waals surface area contributed by atoms with E-state index in [-0.39, 0.29) is 17.6 Å². The molecule has 31 heavy (non-hydrogen) atoms. The van der Waals surface area contributed by atoms with Crippen molar-refractivity contribution in [1.82, 2.24) is 0 Å². The van der Waals surface area contributed by atoms with E-state index in [1.807, 2.05) is 0 Å². The Balaban J connectivity index is 1.56. The molecule has 0 radical (unpaired) electrons. The number of hydrogen-bond acceptors (Lipinski definition) is 4. The van der Waals surface area contributed by atoms with E-state index in [1.54, 1.807) is 0 Å². The van der Waals surface area contributed by atoms with E-state index in [0.717, 1.165) is 35.8 Å². The summed E-state index contributed by atoms with van der Waals surface area (Å²) in [7, 11) is 0. The van der Waals surface area contributed by atoms with Crippen LogP contribution in [-0.4, -0.2) is 38.6 Å². The molecule has 2 heterocycles. The number of rotatable bonds is 8. The molecule has 0 saturated carbocycles. The van der Waals surface area contributed by atoms with E-state index in [9.17, 15) is 0 Å². The van der Waals surface area contributed by atoms with E-state index < -0.39 is 0 Å². The highest BCUT2D eigenvalue weighted by Crippen LogP contribution is 2.35. The van der Waals surface area contributed by atoms with Crippen molar-refractivity contribution in [2.24, 2.45) is 0 Å². The summed E-state index contributed by atoms with van der Waals surface area (Å²) >= 11 is 0. The first-order valence-electron chi connectivity index (χ1n) is 11.1. The molecule has 0 bridgehead atoms. The van der Waals surface area contributed by atoms with Gasteiger partial charge in [0.1, 0.15) is 36.9 Å². The molecule has 2 aromatic rings. The van der Waals surface area contributed by atoms with Gasteiger partial charge in [-0.1, -0.05) is 32.9 Å². The molecule has 0 aliphatic carbocycles. The van der Waals surface area contributed by atoms with E-state index in [0.29, 0.717) is 13.2 Å². The Labute approximate surface area is 186 Å². The maximum Gasteiger partial charge on any atom is 0.125 e. The molecule has 0 N–H and O–H groups in total. The molecule has 4 nitrogen and oxygen atoms in total. The van der Waals surface area contributed by atoms with Crippen LogP contribution >= 0.6 is 0 Å². The van der Waals surface area contributed by atoms with Gasteiger partial charge in [-0.05, 0) is 78.3 Å². The second-order valence-corrected chi connectivity index (χ2v) is 9.80. The molecule has 0 spiro atoms. The quantitative estimate of drug-likeness (QED) is 0.408. The Hall–Kier alpha value is -2.30. The van der Waals surface area contributed by atoms with E-state index >= 15 is 0 Å².